The molecule has 0 aliphatic carbocycles. The van der Waals surface area contributed by atoms with E-state index in [9.17, 15) is 18.0 Å². The van der Waals surface area contributed by atoms with Crippen LogP contribution in [-0.4, -0.2) is 31.2 Å². The van der Waals surface area contributed by atoms with Crippen LogP contribution < -0.4 is 5.43 Å². The van der Waals surface area contributed by atoms with Crippen LogP contribution in [-0.2, 0) is 4.79 Å². The molecule has 0 unspecified atom stereocenters. The molecule has 0 aromatic carbocycles. The van der Waals surface area contributed by atoms with Crippen molar-refractivity contribution in [3.8, 4) is 0 Å². The molecule has 6 heteroatoms. The Morgan fingerprint density at radius 3 is 1.90 bits per heavy atom. The molecule has 0 aliphatic heterocycles. The van der Waals surface area contributed by atoms with Crippen LogP contribution >= 0.6 is 0 Å². The van der Waals surface area contributed by atoms with Gasteiger partial charge in [-0.1, -0.05) is 0 Å². The average Bonchev–Trinajstić information content (AvgIpc) is 1.60. The van der Waals surface area contributed by atoms with Gasteiger partial charge in [0, 0.05) is 14.1 Å². The molecule has 0 saturated heterocycles. The largest absolute Gasteiger partial charge is 0.472 e. The number of halogens is 3. The summed E-state index contributed by atoms with van der Waals surface area (Å²) in [6, 6.07) is 0. The van der Waals surface area contributed by atoms with Crippen molar-refractivity contribution in [2.75, 3.05) is 14.1 Å². The zero-order valence-electron chi connectivity index (χ0n) is 5.49. The van der Waals surface area contributed by atoms with Crippen LogP contribution in [0.1, 0.15) is 0 Å². The predicted octanol–water partition coefficient (Wildman–Crippen LogP) is 0.141. The second-order valence-corrected chi connectivity index (χ2v) is 1.83. The lowest BCUT2D eigenvalue weighted by Crippen LogP contribution is -2.44. The summed E-state index contributed by atoms with van der Waals surface area (Å²) in [7, 11) is 2.59. The van der Waals surface area contributed by atoms with Gasteiger partial charge in [-0.3, -0.25) is 10.2 Å². The summed E-state index contributed by atoms with van der Waals surface area (Å²) in [5, 5.41) is 0.926. The van der Waals surface area contributed by atoms with Gasteiger partial charge in [0.2, 0.25) is 0 Å². The van der Waals surface area contributed by atoms with Gasteiger partial charge in [-0.25, -0.2) is 5.01 Å². The first-order valence-corrected chi connectivity index (χ1v) is 2.39. The Morgan fingerprint density at radius 1 is 1.40 bits per heavy atom. The Hall–Kier alpha value is -0.780. The van der Waals surface area contributed by atoms with E-state index < -0.39 is 12.1 Å². The Bertz CT molecular complexity index is 131. The minimum Gasteiger partial charge on any atom is -0.282 e. The molecule has 0 bridgehead atoms. The molecule has 0 aliphatic rings. The van der Waals surface area contributed by atoms with Crippen molar-refractivity contribution in [1.29, 1.82) is 0 Å². The zero-order chi connectivity index (χ0) is 8.36. The summed E-state index contributed by atoms with van der Waals surface area (Å²) in [6.07, 6.45) is -4.80. The maximum atomic E-state index is 11.4. The Kier molecular flexibility index (Phi) is 2.65. The van der Waals surface area contributed by atoms with E-state index in [4.69, 9.17) is 0 Å². The van der Waals surface area contributed by atoms with Crippen molar-refractivity contribution in [1.82, 2.24) is 10.4 Å². The zero-order valence-corrected chi connectivity index (χ0v) is 5.49. The highest BCUT2D eigenvalue weighted by atomic mass is 19.4. The van der Waals surface area contributed by atoms with E-state index >= 15 is 0 Å². The number of alkyl halides is 3. The van der Waals surface area contributed by atoms with Crippen LogP contribution in [0.15, 0.2) is 0 Å². The summed E-state index contributed by atoms with van der Waals surface area (Å²) in [4.78, 5) is 10.00. The minimum atomic E-state index is -4.80. The fraction of sp³-hybridized carbons (Fsp3) is 0.750. The van der Waals surface area contributed by atoms with Gasteiger partial charge in [-0.15, -0.1) is 0 Å². The topological polar surface area (TPSA) is 32.3 Å². The van der Waals surface area contributed by atoms with Crippen LogP contribution in [0.3, 0.4) is 0 Å². The van der Waals surface area contributed by atoms with E-state index in [0.717, 1.165) is 5.01 Å². The van der Waals surface area contributed by atoms with E-state index in [1.165, 1.54) is 14.1 Å². The molecule has 1 N–H and O–H groups in total. The van der Waals surface area contributed by atoms with Gasteiger partial charge < -0.3 is 0 Å². The minimum absolute atomic E-state index is 0.926. The van der Waals surface area contributed by atoms with E-state index in [0.29, 0.717) is 0 Å². The quantitative estimate of drug-likeness (QED) is 0.548. The standard InChI is InChI=1S/C4H7F3N2O/c1-9(2)8-3(10)4(5,6)7/h1-2H3,(H,8,10). The van der Waals surface area contributed by atoms with Crippen LogP contribution in [0.25, 0.3) is 0 Å². The molecule has 0 rings (SSSR count). The fourth-order valence-electron chi connectivity index (χ4n) is 0.266. The monoisotopic (exact) mass is 156 g/mol. The first kappa shape index (κ1) is 9.22. The molecule has 3 nitrogen and oxygen atoms in total. The van der Waals surface area contributed by atoms with E-state index in [1.54, 1.807) is 5.43 Å². The summed E-state index contributed by atoms with van der Waals surface area (Å²) in [6.45, 7) is 0. The molecule has 0 saturated carbocycles. The highest BCUT2D eigenvalue weighted by Crippen LogP contribution is 2.13. The second kappa shape index (κ2) is 2.87. The molecule has 0 fully saturated rings. The molecule has 0 aromatic rings. The maximum Gasteiger partial charge on any atom is 0.472 e. The van der Waals surface area contributed by atoms with Gasteiger partial charge in [-0.2, -0.15) is 13.2 Å². The van der Waals surface area contributed by atoms with E-state index in [1.807, 2.05) is 0 Å². The van der Waals surface area contributed by atoms with Crippen molar-refractivity contribution >= 4 is 5.91 Å². The molecule has 60 valence electrons. The van der Waals surface area contributed by atoms with Crippen LogP contribution in [0.5, 0.6) is 0 Å². The number of nitrogens with zero attached hydrogens (tertiary/aromatic N) is 1. The second-order valence-electron chi connectivity index (χ2n) is 1.83. The Morgan fingerprint density at radius 2 is 1.80 bits per heavy atom. The molecular weight excluding hydrogens is 149 g/mol. The smallest absolute Gasteiger partial charge is 0.282 e. The predicted molar refractivity (Wildman–Crippen MR) is 27.9 cm³/mol. The van der Waals surface area contributed by atoms with Gasteiger partial charge in [-0.05, 0) is 0 Å². The Balaban J connectivity index is 3.87. The van der Waals surface area contributed by atoms with Gasteiger partial charge in [0.05, 0.1) is 0 Å². The van der Waals surface area contributed by atoms with Gasteiger partial charge in [0.25, 0.3) is 0 Å². The molecule has 10 heavy (non-hydrogen) atoms. The third-order valence-electron chi connectivity index (χ3n) is 0.583. The molecule has 0 heterocycles. The average molecular weight is 156 g/mol. The number of carbonyl (C=O) groups is 1. The third-order valence-corrected chi connectivity index (χ3v) is 0.583. The van der Waals surface area contributed by atoms with Crippen molar-refractivity contribution in [3.63, 3.8) is 0 Å². The Labute approximate surface area is 55.8 Å². The lowest BCUT2D eigenvalue weighted by molar-refractivity contribution is -0.177. The van der Waals surface area contributed by atoms with Crippen molar-refractivity contribution < 1.29 is 18.0 Å². The fourth-order valence-corrected chi connectivity index (χ4v) is 0.266. The molecule has 0 atom stereocenters. The highest BCUT2D eigenvalue weighted by molar-refractivity contribution is 5.81. The molecule has 0 aromatic heterocycles. The molecule has 1 amide bonds. The number of amides is 1. The number of carbonyl (C=O) groups excluding carboxylic acids is 1. The van der Waals surface area contributed by atoms with Crippen molar-refractivity contribution in [2.24, 2.45) is 0 Å². The molecule has 0 radical (unpaired) electrons. The van der Waals surface area contributed by atoms with Crippen LogP contribution in [0, 0.1) is 0 Å². The first-order valence-electron chi connectivity index (χ1n) is 2.39. The van der Waals surface area contributed by atoms with Crippen molar-refractivity contribution in [2.45, 2.75) is 6.18 Å². The molecule has 0 spiro atoms. The number of hydrogen-bond acceptors (Lipinski definition) is 2. The summed E-state index contributed by atoms with van der Waals surface area (Å²) in [5.41, 5.74) is 1.55. The normalized spacial score (nSPS) is 11.8. The SMILES string of the molecule is CN(C)NC(=O)C(F)(F)F. The van der Waals surface area contributed by atoms with E-state index in [-0.39, 0.29) is 0 Å². The summed E-state index contributed by atoms with van der Waals surface area (Å²) < 4.78 is 34.1. The highest BCUT2D eigenvalue weighted by Gasteiger charge is 2.38. The summed E-state index contributed by atoms with van der Waals surface area (Å²) in [5.74, 6) is -1.96. The number of hydrazine groups is 1. The third kappa shape index (κ3) is 3.29. The molecular formula is C4H7F3N2O. The van der Waals surface area contributed by atoms with Gasteiger partial charge >= 0.3 is 12.1 Å². The summed E-state index contributed by atoms with van der Waals surface area (Å²) >= 11 is 0. The van der Waals surface area contributed by atoms with Crippen LogP contribution in [0.2, 0.25) is 0 Å². The van der Waals surface area contributed by atoms with E-state index in [2.05, 4.69) is 0 Å². The van der Waals surface area contributed by atoms with Gasteiger partial charge in [0.1, 0.15) is 0 Å². The van der Waals surface area contributed by atoms with Crippen LogP contribution in [0.4, 0.5) is 13.2 Å². The first-order chi connectivity index (χ1) is 4.34. The number of nitrogens with one attached hydrogen (secondary N) is 1. The maximum absolute atomic E-state index is 11.4. The lowest BCUT2D eigenvalue weighted by atomic mass is 10.6. The lowest BCUT2D eigenvalue weighted by Gasteiger charge is -2.12. The van der Waals surface area contributed by atoms with Crippen molar-refractivity contribution in [3.05, 3.63) is 0 Å². The number of hydrogen-bond donors (Lipinski definition) is 1. The van der Waals surface area contributed by atoms with Gasteiger partial charge in [0.15, 0.2) is 0 Å². The number of rotatable bonds is 1.